The van der Waals surface area contributed by atoms with Crippen molar-refractivity contribution in [2.75, 3.05) is 20.2 Å². The fourth-order valence-corrected chi connectivity index (χ4v) is 6.74. The van der Waals surface area contributed by atoms with Gasteiger partial charge in [-0.25, -0.2) is 9.59 Å². The smallest absolute Gasteiger partial charge is 0.329 e. The Kier molecular flexibility index (Phi) is 13.1. The quantitative estimate of drug-likeness (QED) is 0.122. The number of rotatable bonds is 15. The molecule has 51 heavy (non-hydrogen) atoms. The molecule has 0 radical (unpaired) electrons. The number of benzene rings is 1. The summed E-state index contributed by atoms with van der Waals surface area (Å²) in [7, 11) is 1.56. The number of likely N-dealkylation sites (tertiary alicyclic amines) is 1. The van der Waals surface area contributed by atoms with E-state index in [1.165, 1.54) is 11.0 Å². The van der Waals surface area contributed by atoms with Crippen LogP contribution in [0.3, 0.4) is 0 Å². The highest BCUT2D eigenvalue weighted by atomic mass is 16.5. The molecular weight excluding hydrogens is 654 g/mol. The lowest BCUT2D eigenvalue weighted by molar-refractivity contribution is -0.150. The number of hydrogen-bond acceptors (Lipinski definition) is 8. The van der Waals surface area contributed by atoms with E-state index in [2.05, 4.69) is 27.8 Å². The van der Waals surface area contributed by atoms with E-state index in [9.17, 15) is 28.8 Å². The van der Waals surface area contributed by atoms with Gasteiger partial charge in [-0.1, -0.05) is 86.9 Å². The molecule has 282 valence electrons. The highest BCUT2D eigenvalue weighted by molar-refractivity contribution is 6.38. The molecule has 1 aliphatic heterocycles. The second-order valence-electron chi connectivity index (χ2n) is 16.3. The Morgan fingerprint density at radius 1 is 0.961 bits per heavy atom. The number of methoxy groups -OCH3 is 1. The average molecular weight is 712 g/mol. The van der Waals surface area contributed by atoms with Crippen molar-refractivity contribution in [3.63, 3.8) is 0 Å². The van der Waals surface area contributed by atoms with E-state index in [1.54, 1.807) is 72.9 Å². The lowest BCUT2D eigenvalue weighted by Gasteiger charge is -2.38. The zero-order chi connectivity index (χ0) is 38.5. The number of ether oxygens (including phenoxy) is 2. The largest absolute Gasteiger partial charge is 0.497 e. The lowest BCUT2D eigenvalue weighted by atomic mass is 9.85. The Morgan fingerprint density at radius 3 is 2.08 bits per heavy atom. The average Bonchev–Trinajstić information content (AvgIpc) is 3.36. The van der Waals surface area contributed by atoms with E-state index < -0.39 is 70.5 Å². The van der Waals surface area contributed by atoms with E-state index in [0.29, 0.717) is 18.7 Å². The van der Waals surface area contributed by atoms with Crippen LogP contribution in [0.1, 0.15) is 80.7 Å². The van der Waals surface area contributed by atoms with Crippen LogP contribution in [0.2, 0.25) is 0 Å². The minimum Gasteiger partial charge on any atom is -0.497 e. The van der Waals surface area contributed by atoms with Gasteiger partial charge in [-0.15, -0.1) is 6.58 Å². The fraction of sp³-hybridized carbons (Fsp3) is 0.632. The molecule has 0 bridgehead atoms. The van der Waals surface area contributed by atoms with Gasteiger partial charge in [0.1, 0.15) is 30.5 Å². The summed E-state index contributed by atoms with van der Waals surface area (Å²) in [5, 5.41) is 10.8. The van der Waals surface area contributed by atoms with Crippen molar-refractivity contribution < 1.29 is 38.2 Å². The van der Waals surface area contributed by atoms with E-state index in [0.717, 1.165) is 5.56 Å². The molecule has 4 N–H and O–H groups in total. The lowest BCUT2D eigenvalue weighted by Crippen LogP contribution is -2.62. The molecule has 2 aliphatic rings. The van der Waals surface area contributed by atoms with Gasteiger partial charge in [-0.2, -0.15) is 0 Å². The summed E-state index contributed by atoms with van der Waals surface area (Å²) in [5.41, 5.74) is -1.02. The summed E-state index contributed by atoms with van der Waals surface area (Å²) in [4.78, 5) is 82.2. The first-order valence-corrected chi connectivity index (χ1v) is 17.6. The molecule has 1 saturated heterocycles. The number of Topliss-reactive ketones (excluding diaryl/α,β-unsaturated/α-hetero) is 1. The maximum absolute atomic E-state index is 14.4. The number of urea groups is 1. The maximum Gasteiger partial charge on any atom is 0.329 e. The van der Waals surface area contributed by atoms with Gasteiger partial charge in [0, 0.05) is 13.1 Å². The summed E-state index contributed by atoms with van der Waals surface area (Å²) in [6.45, 7) is 20.6. The van der Waals surface area contributed by atoms with Crippen LogP contribution in [-0.4, -0.2) is 84.8 Å². The second-order valence-corrected chi connectivity index (χ2v) is 16.3. The number of nitrogens with one attached hydrogen (secondary N) is 4. The minimum atomic E-state index is -1.08. The summed E-state index contributed by atoms with van der Waals surface area (Å²) < 4.78 is 10.7. The Bertz CT molecular complexity index is 1480. The highest BCUT2D eigenvalue weighted by Crippen LogP contribution is 2.65. The number of nitrogens with zero attached hydrogens (tertiary/aromatic N) is 1. The number of amides is 5. The molecule has 1 heterocycles. The van der Waals surface area contributed by atoms with Gasteiger partial charge < -0.3 is 35.6 Å². The van der Waals surface area contributed by atoms with Gasteiger partial charge in [-0.3, -0.25) is 19.2 Å². The minimum absolute atomic E-state index is 0.0108. The monoisotopic (exact) mass is 711 g/mol. The predicted octanol–water partition coefficient (Wildman–Crippen LogP) is 3.51. The number of piperidine rings is 1. The predicted molar refractivity (Wildman–Crippen MR) is 192 cm³/mol. The molecule has 0 aromatic heterocycles. The van der Waals surface area contributed by atoms with Crippen molar-refractivity contribution in [1.29, 1.82) is 0 Å². The SMILES string of the molecule is C=CCNC(=O)C(=O)C(CCC)NC(=O)[C@@H]1[C@@H]2[C@H](CN1C(=O)[C@@H](NC(=O)N[C@H](C(=O)OCc1ccc(OC)cc1)C(C)(C)C)C(C)(C)C)C2(C)C. The molecule has 1 aromatic rings. The van der Waals surface area contributed by atoms with E-state index in [1.807, 2.05) is 20.8 Å². The Labute approximate surface area is 302 Å². The van der Waals surface area contributed by atoms with Crippen LogP contribution < -0.4 is 26.0 Å². The molecule has 3 rings (SSSR count). The topological polar surface area (TPSA) is 172 Å². The molecule has 1 unspecified atom stereocenters. The first kappa shape index (κ1) is 41.0. The van der Waals surface area contributed by atoms with Gasteiger partial charge in [0.05, 0.1) is 13.2 Å². The van der Waals surface area contributed by atoms with Crippen LogP contribution in [0.5, 0.6) is 5.75 Å². The second kappa shape index (κ2) is 16.3. The molecule has 6 atom stereocenters. The molecule has 1 aromatic carbocycles. The number of fused-ring (bicyclic) bond motifs is 1. The van der Waals surface area contributed by atoms with Crippen molar-refractivity contribution in [2.24, 2.45) is 28.1 Å². The standard InChI is InChI=1S/C38H57N5O8/c1-12-14-25(28(44)32(46)39-19-13-2)40-31(45)27-26-24(38(26,9)10)20-43(27)33(47)29(36(3,4)5)41-35(49)42-30(37(6,7)8)34(48)51-21-22-15-17-23(50-11)18-16-22/h13,15-18,24-27,29-30H,2,12,14,19-21H2,1,3-11H3,(H,39,46)(H,40,45)(H2,41,42,49)/t24-,25?,26-,27-,29+,30+/m0/s1. The number of hydrogen-bond donors (Lipinski definition) is 4. The number of carbonyl (C=O) groups excluding carboxylic acids is 6. The molecule has 5 amide bonds. The van der Waals surface area contributed by atoms with Crippen molar-refractivity contribution in [3.8, 4) is 5.75 Å². The zero-order valence-electron chi connectivity index (χ0n) is 31.8. The summed E-state index contributed by atoms with van der Waals surface area (Å²) in [5.74, 6) is -2.68. The molecular formula is C38H57N5O8. The summed E-state index contributed by atoms with van der Waals surface area (Å²) in [6.07, 6.45) is 2.23. The Morgan fingerprint density at radius 2 is 1.55 bits per heavy atom. The maximum atomic E-state index is 14.4. The van der Waals surface area contributed by atoms with Crippen LogP contribution in [0.4, 0.5) is 4.79 Å². The zero-order valence-corrected chi connectivity index (χ0v) is 31.8. The van der Waals surface area contributed by atoms with Crippen LogP contribution in [0.15, 0.2) is 36.9 Å². The first-order valence-electron chi connectivity index (χ1n) is 17.6. The normalized spacial score (nSPS) is 20.8. The Balaban J connectivity index is 1.79. The van der Waals surface area contributed by atoms with Crippen LogP contribution in [0.25, 0.3) is 0 Å². The van der Waals surface area contributed by atoms with Gasteiger partial charge in [0.15, 0.2) is 0 Å². The van der Waals surface area contributed by atoms with Crippen molar-refractivity contribution in [3.05, 3.63) is 42.5 Å². The van der Waals surface area contributed by atoms with Crippen molar-refractivity contribution in [2.45, 2.75) is 106 Å². The van der Waals surface area contributed by atoms with Gasteiger partial charge in [0.2, 0.25) is 17.6 Å². The third kappa shape index (κ3) is 9.89. The van der Waals surface area contributed by atoms with E-state index in [-0.39, 0.29) is 36.8 Å². The molecule has 13 heteroatoms. The van der Waals surface area contributed by atoms with E-state index >= 15 is 0 Å². The van der Waals surface area contributed by atoms with Crippen molar-refractivity contribution >= 4 is 35.5 Å². The van der Waals surface area contributed by atoms with Crippen LogP contribution in [-0.2, 0) is 35.3 Å². The van der Waals surface area contributed by atoms with Crippen LogP contribution >= 0.6 is 0 Å². The molecule has 1 saturated carbocycles. The molecule has 1 aliphatic carbocycles. The van der Waals surface area contributed by atoms with Gasteiger partial charge in [-0.05, 0) is 52.2 Å². The number of ketones is 1. The van der Waals surface area contributed by atoms with Gasteiger partial charge in [0.25, 0.3) is 5.91 Å². The van der Waals surface area contributed by atoms with Crippen LogP contribution in [0, 0.1) is 28.1 Å². The fourth-order valence-electron chi connectivity index (χ4n) is 6.74. The summed E-state index contributed by atoms with van der Waals surface area (Å²) in [6, 6.07) is 2.21. The third-order valence-corrected chi connectivity index (χ3v) is 9.91. The van der Waals surface area contributed by atoms with Crippen molar-refractivity contribution in [1.82, 2.24) is 26.2 Å². The molecule has 2 fully saturated rings. The summed E-state index contributed by atoms with van der Waals surface area (Å²) >= 11 is 0. The van der Waals surface area contributed by atoms with E-state index in [4.69, 9.17) is 9.47 Å². The van der Waals surface area contributed by atoms with Gasteiger partial charge >= 0.3 is 12.0 Å². The molecule has 13 nitrogen and oxygen atoms in total. The number of carbonyl (C=O) groups is 6. The molecule has 0 spiro atoms. The third-order valence-electron chi connectivity index (χ3n) is 9.91. The number of esters is 1. The highest BCUT2D eigenvalue weighted by Gasteiger charge is 2.70. The Hall–Kier alpha value is -4.42. The first-order chi connectivity index (χ1) is 23.7.